The largest absolute Gasteiger partial charge is 0.348 e. The van der Waals surface area contributed by atoms with Crippen LogP contribution >= 0.6 is 15.9 Å². The number of nitrogens with one attached hydrogen (secondary N) is 1. The van der Waals surface area contributed by atoms with Gasteiger partial charge in [0, 0.05) is 17.4 Å². The van der Waals surface area contributed by atoms with E-state index in [1.54, 1.807) is 0 Å². The highest BCUT2D eigenvalue weighted by molar-refractivity contribution is 9.08. The van der Waals surface area contributed by atoms with Gasteiger partial charge in [0.15, 0.2) is 0 Å². The number of aryl methyl sites for hydroxylation is 2. The summed E-state index contributed by atoms with van der Waals surface area (Å²) in [6, 6.07) is 14.0. The summed E-state index contributed by atoms with van der Waals surface area (Å²) in [4.78, 5) is 12.1. The van der Waals surface area contributed by atoms with Crippen molar-refractivity contribution in [2.24, 2.45) is 0 Å². The van der Waals surface area contributed by atoms with E-state index in [-0.39, 0.29) is 5.91 Å². The molecule has 0 unspecified atom stereocenters. The molecule has 0 bridgehead atoms. The maximum Gasteiger partial charge on any atom is 0.251 e. The van der Waals surface area contributed by atoms with Crippen molar-refractivity contribution in [2.75, 3.05) is 0 Å². The van der Waals surface area contributed by atoms with Gasteiger partial charge in [-0.1, -0.05) is 46.3 Å². The number of hydrogen-bond acceptors (Lipinski definition) is 1. The average molecular weight is 332 g/mol. The number of halogens is 1. The van der Waals surface area contributed by atoms with Crippen molar-refractivity contribution in [3.8, 4) is 0 Å². The summed E-state index contributed by atoms with van der Waals surface area (Å²) in [6.45, 7) is 4.61. The van der Waals surface area contributed by atoms with Crippen LogP contribution in [0.25, 0.3) is 0 Å². The lowest BCUT2D eigenvalue weighted by Gasteiger charge is -2.08. The molecule has 1 amide bonds. The van der Waals surface area contributed by atoms with Crippen LogP contribution in [0.3, 0.4) is 0 Å². The Morgan fingerprint density at radius 1 is 1.00 bits per heavy atom. The van der Waals surface area contributed by atoms with Crippen LogP contribution in [0.1, 0.15) is 32.6 Å². The second-order valence-corrected chi connectivity index (χ2v) is 5.49. The summed E-state index contributed by atoms with van der Waals surface area (Å²) in [5.41, 5.74) is 5.39. The molecular formula is C17H18BrNO. The number of carbonyl (C=O) groups excluding carboxylic acids is 1. The lowest BCUT2D eigenvalue weighted by atomic mass is 10.1. The second-order valence-electron chi connectivity index (χ2n) is 4.93. The normalized spacial score (nSPS) is 10.3. The highest BCUT2D eigenvalue weighted by atomic mass is 79.9. The van der Waals surface area contributed by atoms with E-state index in [1.807, 2.05) is 44.2 Å². The van der Waals surface area contributed by atoms with Crippen LogP contribution in [0.4, 0.5) is 0 Å². The fourth-order valence-corrected chi connectivity index (χ4v) is 2.29. The Morgan fingerprint density at radius 3 is 2.25 bits per heavy atom. The van der Waals surface area contributed by atoms with Crippen LogP contribution in [0.15, 0.2) is 42.5 Å². The van der Waals surface area contributed by atoms with E-state index >= 15 is 0 Å². The molecule has 2 aromatic rings. The first-order chi connectivity index (χ1) is 9.60. The standard InChI is InChI=1S/C17H18BrNO/c1-12-3-8-16(9-13(12)2)17(20)19-11-15-6-4-14(10-18)5-7-15/h3-9H,10-11H2,1-2H3,(H,19,20). The van der Waals surface area contributed by atoms with E-state index in [9.17, 15) is 4.79 Å². The zero-order valence-corrected chi connectivity index (χ0v) is 13.3. The lowest BCUT2D eigenvalue weighted by molar-refractivity contribution is 0.0951. The molecule has 0 fully saturated rings. The van der Waals surface area contributed by atoms with E-state index in [2.05, 4.69) is 33.4 Å². The summed E-state index contributed by atoms with van der Waals surface area (Å²) in [6.07, 6.45) is 0. The monoisotopic (exact) mass is 331 g/mol. The van der Waals surface area contributed by atoms with Crippen molar-refractivity contribution in [3.05, 3.63) is 70.3 Å². The Labute approximate surface area is 128 Å². The molecule has 0 radical (unpaired) electrons. The Hall–Kier alpha value is -1.61. The molecule has 20 heavy (non-hydrogen) atoms. The third kappa shape index (κ3) is 3.70. The third-order valence-corrected chi connectivity index (χ3v) is 4.05. The predicted octanol–water partition coefficient (Wildman–Crippen LogP) is 4.13. The van der Waals surface area contributed by atoms with E-state index in [0.717, 1.165) is 16.5 Å². The van der Waals surface area contributed by atoms with Crippen molar-refractivity contribution in [1.29, 1.82) is 0 Å². The van der Waals surface area contributed by atoms with Gasteiger partial charge in [0.05, 0.1) is 0 Å². The highest BCUT2D eigenvalue weighted by Gasteiger charge is 2.06. The first-order valence-electron chi connectivity index (χ1n) is 6.59. The van der Waals surface area contributed by atoms with Gasteiger partial charge >= 0.3 is 0 Å². The van der Waals surface area contributed by atoms with Gasteiger partial charge < -0.3 is 5.32 Å². The van der Waals surface area contributed by atoms with Crippen LogP contribution in [-0.4, -0.2) is 5.91 Å². The fraction of sp³-hybridized carbons (Fsp3) is 0.235. The summed E-state index contributed by atoms with van der Waals surface area (Å²) in [5, 5.41) is 3.80. The number of amides is 1. The van der Waals surface area contributed by atoms with E-state index in [4.69, 9.17) is 0 Å². The summed E-state index contributed by atoms with van der Waals surface area (Å²) in [7, 11) is 0. The molecule has 104 valence electrons. The molecule has 0 atom stereocenters. The Kier molecular flexibility index (Phi) is 4.96. The molecule has 2 nitrogen and oxygen atoms in total. The van der Waals surface area contributed by atoms with Crippen LogP contribution < -0.4 is 5.32 Å². The Bertz CT molecular complexity index is 605. The summed E-state index contributed by atoms with van der Waals surface area (Å²) >= 11 is 3.42. The molecule has 0 heterocycles. The van der Waals surface area contributed by atoms with Crippen molar-refractivity contribution in [1.82, 2.24) is 5.32 Å². The first-order valence-corrected chi connectivity index (χ1v) is 7.71. The van der Waals surface area contributed by atoms with E-state index < -0.39 is 0 Å². The molecule has 0 saturated heterocycles. The van der Waals surface area contributed by atoms with Crippen molar-refractivity contribution in [3.63, 3.8) is 0 Å². The quantitative estimate of drug-likeness (QED) is 0.838. The molecule has 0 saturated carbocycles. The number of carbonyl (C=O) groups is 1. The predicted molar refractivity (Wildman–Crippen MR) is 86.2 cm³/mol. The van der Waals surface area contributed by atoms with Crippen molar-refractivity contribution in [2.45, 2.75) is 25.7 Å². The van der Waals surface area contributed by atoms with Gasteiger partial charge in [-0.05, 0) is 48.2 Å². The van der Waals surface area contributed by atoms with Crippen LogP contribution in [0.5, 0.6) is 0 Å². The minimum absolute atomic E-state index is 0.0299. The minimum atomic E-state index is -0.0299. The molecular weight excluding hydrogens is 314 g/mol. The van der Waals surface area contributed by atoms with E-state index in [0.29, 0.717) is 12.1 Å². The number of benzene rings is 2. The molecule has 0 aliphatic heterocycles. The number of alkyl halides is 1. The van der Waals surface area contributed by atoms with Crippen LogP contribution in [0, 0.1) is 13.8 Å². The van der Waals surface area contributed by atoms with Gasteiger partial charge in [-0.3, -0.25) is 4.79 Å². The van der Waals surface area contributed by atoms with Gasteiger partial charge in [0.2, 0.25) is 0 Å². The van der Waals surface area contributed by atoms with Crippen LogP contribution in [0.2, 0.25) is 0 Å². The van der Waals surface area contributed by atoms with E-state index in [1.165, 1.54) is 11.1 Å². The van der Waals surface area contributed by atoms with Crippen molar-refractivity contribution >= 4 is 21.8 Å². The smallest absolute Gasteiger partial charge is 0.251 e. The van der Waals surface area contributed by atoms with Crippen LogP contribution in [-0.2, 0) is 11.9 Å². The topological polar surface area (TPSA) is 29.1 Å². The molecule has 0 aromatic heterocycles. The van der Waals surface area contributed by atoms with Gasteiger partial charge in [0.1, 0.15) is 0 Å². The molecule has 0 aliphatic rings. The molecule has 2 rings (SSSR count). The summed E-state index contributed by atoms with van der Waals surface area (Å²) < 4.78 is 0. The number of hydrogen-bond donors (Lipinski definition) is 1. The second kappa shape index (κ2) is 6.71. The maximum atomic E-state index is 12.1. The fourth-order valence-electron chi connectivity index (χ4n) is 1.91. The molecule has 3 heteroatoms. The Morgan fingerprint density at radius 2 is 1.65 bits per heavy atom. The Balaban J connectivity index is 1.98. The summed E-state index contributed by atoms with van der Waals surface area (Å²) in [5.74, 6) is -0.0299. The average Bonchev–Trinajstić information content (AvgIpc) is 2.48. The van der Waals surface area contributed by atoms with Crippen molar-refractivity contribution < 1.29 is 4.79 Å². The third-order valence-electron chi connectivity index (χ3n) is 3.40. The lowest BCUT2D eigenvalue weighted by Crippen LogP contribution is -2.22. The van der Waals surface area contributed by atoms with Gasteiger partial charge in [-0.15, -0.1) is 0 Å². The number of rotatable bonds is 4. The SMILES string of the molecule is Cc1ccc(C(=O)NCc2ccc(CBr)cc2)cc1C. The maximum absolute atomic E-state index is 12.1. The molecule has 1 N–H and O–H groups in total. The first kappa shape index (κ1) is 14.8. The molecule has 0 aliphatic carbocycles. The highest BCUT2D eigenvalue weighted by Crippen LogP contribution is 2.11. The van der Waals surface area contributed by atoms with Gasteiger partial charge in [-0.25, -0.2) is 0 Å². The molecule has 2 aromatic carbocycles. The zero-order chi connectivity index (χ0) is 14.5. The minimum Gasteiger partial charge on any atom is -0.348 e. The molecule has 0 spiro atoms. The van der Waals surface area contributed by atoms with Gasteiger partial charge in [0.25, 0.3) is 5.91 Å². The zero-order valence-electron chi connectivity index (χ0n) is 11.7. The van der Waals surface area contributed by atoms with Gasteiger partial charge in [-0.2, -0.15) is 0 Å².